The molecule has 0 spiro atoms. The lowest BCUT2D eigenvalue weighted by Crippen LogP contribution is -2.07. The summed E-state index contributed by atoms with van der Waals surface area (Å²) in [5.74, 6) is -3.97. The van der Waals surface area contributed by atoms with Crippen LogP contribution in [0.25, 0.3) is 0 Å². The van der Waals surface area contributed by atoms with Gasteiger partial charge in [0.05, 0.1) is 5.56 Å². The number of hydrogen-bond donors (Lipinski definition) is 0. The highest BCUT2D eigenvalue weighted by Crippen LogP contribution is 2.17. The Morgan fingerprint density at radius 2 is 1.67 bits per heavy atom. The van der Waals surface area contributed by atoms with Crippen molar-refractivity contribution in [3.05, 3.63) is 35.1 Å². The van der Waals surface area contributed by atoms with Crippen molar-refractivity contribution in [2.45, 2.75) is 20.3 Å². The van der Waals surface area contributed by atoms with Gasteiger partial charge in [-0.1, -0.05) is 13.8 Å². The molecule has 0 aliphatic carbocycles. The van der Waals surface area contributed by atoms with E-state index in [9.17, 15) is 18.0 Å². The third-order valence-corrected chi connectivity index (χ3v) is 1.90. The predicted octanol–water partition coefficient (Wildman–Crippen LogP) is 3.33. The molecule has 0 fully saturated rings. The Morgan fingerprint density at radius 3 is 2.20 bits per heavy atom. The van der Waals surface area contributed by atoms with Crippen LogP contribution in [0, 0.1) is 23.4 Å². The van der Waals surface area contributed by atoms with Gasteiger partial charge in [0, 0.05) is 12.5 Å². The number of halogens is 3. The molecular weight excluding hydrogens is 205 g/mol. The van der Waals surface area contributed by atoms with E-state index in [4.69, 9.17) is 0 Å². The van der Waals surface area contributed by atoms with Crippen LogP contribution in [0.3, 0.4) is 0 Å². The number of carbonyl (C=O) groups is 1. The molecule has 1 aromatic carbocycles. The third-order valence-electron chi connectivity index (χ3n) is 1.90. The molecule has 0 aliphatic heterocycles. The molecule has 0 aliphatic rings. The maximum absolute atomic E-state index is 13.1. The molecular formula is C11H11F3O. The maximum atomic E-state index is 13.1. The first-order valence-corrected chi connectivity index (χ1v) is 4.59. The molecule has 0 unspecified atom stereocenters. The number of ketones is 1. The minimum Gasteiger partial charge on any atom is -0.294 e. The van der Waals surface area contributed by atoms with Crippen LogP contribution in [0.2, 0.25) is 0 Å². The van der Waals surface area contributed by atoms with Crippen molar-refractivity contribution in [2.75, 3.05) is 0 Å². The second kappa shape index (κ2) is 4.47. The van der Waals surface area contributed by atoms with E-state index in [0.717, 1.165) is 0 Å². The largest absolute Gasteiger partial charge is 0.294 e. The predicted molar refractivity (Wildman–Crippen MR) is 50.1 cm³/mol. The number of benzene rings is 1. The first-order valence-electron chi connectivity index (χ1n) is 4.59. The molecule has 0 radical (unpaired) electrons. The summed E-state index contributed by atoms with van der Waals surface area (Å²) in [5, 5.41) is 0. The van der Waals surface area contributed by atoms with Crippen LogP contribution in [0.4, 0.5) is 13.2 Å². The van der Waals surface area contributed by atoms with Gasteiger partial charge >= 0.3 is 0 Å². The minimum atomic E-state index is -1.28. The van der Waals surface area contributed by atoms with Crippen molar-refractivity contribution in [2.24, 2.45) is 5.92 Å². The summed E-state index contributed by atoms with van der Waals surface area (Å²) >= 11 is 0. The van der Waals surface area contributed by atoms with Gasteiger partial charge in [0.1, 0.15) is 5.82 Å². The highest BCUT2D eigenvalue weighted by atomic mass is 19.2. The Kier molecular flexibility index (Phi) is 3.50. The molecule has 0 atom stereocenters. The number of carbonyl (C=O) groups excluding carboxylic acids is 1. The Morgan fingerprint density at radius 1 is 1.13 bits per heavy atom. The van der Waals surface area contributed by atoms with Gasteiger partial charge in [-0.25, -0.2) is 13.2 Å². The van der Waals surface area contributed by atoms with Gasteiger partial charge in [0.2, 0.25) is 0 Å². The fourth-order valence-corrected chi connectivity index (χ4v) is 1.22. The fraction of sp³-hybridized carbons (Fsp3) is 0.364. The van der Waals surface area contributed by atoms with Crippen molar-refractivity contribution in [1.82, 2.24) is 0 Å². The lowest BCUT2D eigenvalue weighted by atomic mass is 10.0. The Balaban J connectivity index is 3.04. The first kappa shape index (κ1) is 11.8. The zero-order valence-corrected chi connectivity index (χ0v) is 8.48. The fourth-order valence-electron chi connectivity index (χ4n) is 1.22. The molecule has 0 N–H and O–H groups in total. The van der Waals surface area contributed by atoms with E-state index < -0.39 is 23.2 Å². The molecule has 15 heavy (non-hydrogen) atoms. The van der Waals surface area contributed by atoms with Crippen LogP contribution in [-0.4, -0.2) is 5.78 Å². The molecule has 0 bridgehead atoms. The van der Waals surface area contributed by atoms with Gasteiger partial charge in [0.25, 0.3) is 0 Å². The molecule has 0 aromatic heterocycles. The van der Waals surface area contributed by atoms with Gasteiger partial charge in [-0.15, -0.1) is 0 Å². The highest BCUT2D eigenvalue weighted by molar-refractivity contribution is 5.96. The molecule has 0 amide bonds. The van der Waals surface area contributed by atoms with Crippen LogP contribution < -0.4 is 0 Å². The zero-order chi connectivity index (χ0) is 11.6. The van der Waals surface area contributed by atoms with E-state index >= 15 is 0 Å². The smallest absolute Gasteiger partial charge is 0.166 e. The molecule has 0 saturated carbocycles. The maximum Gasteiger partial charge on any atom is 0.166 e. The molecule has 1 rings (SSSR count). The van der Waals surface area contributed by atoms with Crippen molar-refractivity contribution in [3.8, 4) is 0 Å². The van der Waals surface area contributed by atoms with Crippen LogP contribution >= 0.6 is 0 Å². The summed E-state index contributed by atoms with van der Waals surface area (Å²) in [6.07, 6.45) is 0.113. The summed E-state index contributed by atoms with van der Waals surface area (Å²) in [5.41, 5.74) is -0.386. The van der Waals surface area contributed by atoms with Gasteiger partial charge in [0.15, 0.2) is 17.4 Å². The Hall–Kier alpha value is -1.32. The number of Topliss-reactive ketones (excluding diaryl/α,β-unsaturated/α-hetero) is 1. The van der Waals surface area contributed by atoms with Gasteiger partial charge < -0.3 is 0 Å². The van der Waals surface area contributed by atoms with Crippen molar-refractivity contribution < 1.29 is 18.0 Å². The van der Waals surface area contributed by atoms with E-state index in [1.807, 2.05) is 0 Å². The summed E-state index contributed by atoms with van der Waals surface area (Å²) < 4.78 is 38.4. The van der Waals surface area contributed by atoms with Crippen molar-refractivity contribution in [1.29, 1.82) is 0 Å². The monoisotopic (exact) mass is 216 g/mol. The van der Waals surface area contributed by atoms with Gasteiger partial charge in [-0.05, 0) is 12.0 Å². The summed E-state index contributed by atoms with van der Waals surface area (Å²) in [4.78, 5) is 11.4. The average Bonchev–Trinajstić information content (AvgIpc) is 2.09. The Labute approximate surface area is 85.9 Å². The first-order chi connectivity index (χ1) is 6.91. The normalized spacial score (nSPS) is 10.8. The van der Waals surface area contributed by atoms with Crippen LogP contribution in [0.1, 0.15) is 30.6 Å². The quantitative estimate of drug-likeness (QED) is 0.559. The third kappa shape index (κ3) is 2.81. The number of hydrogen-bond acceptors (Lipinski definition) is 1. The molecule has 0 heterocycles. The molecule has 4 heteroatoms. The topological polar surface area (TPSA) is 17.1 Å². The summed E-state index contributed by atoms with van der Waals surface area (Å²) in [6.45, 7) is 3.57. The molecule has 1 aromatic rings. The van der Waals surface area contributed by atoms with Gasteiger partial charge in [-0.3, -0.25) is 4.79 Å². The zero-order valence-electron chi connectivity index (χ0n) is 8.48. The SMILES string of the molecule is CC(C)CC(=O)c1cc(F)c(F)cc1F. The molecule has 82 valence electrons. The molecule has 0 saturated heterocycles. The van der Waals surface area contributed by atoms with Gasteiger partial charge in [-0.2, -0.15) is 0 Å². The second-order valence-corrected chi connectivity index (χ2v) is 3.77. The average molecular weight is 216 g/mol. The minimum absolute atomic E-state index is 0.0463. The lowest BCUT2D eigenvalue weighted by Gasteiger charge is -2.05. The van der Waals surface area contributed by atoms with Crippen molar-refractivity contribution in [3.63, 3.8) is 0 Å². The number of rotatable bonds is 3. The summed E-state index contributed by atoms with van der Waals surface area (Å²) in [6, 6.07) is 0.998. The van der Waals surface area contributed by atoms with E-state index in [1.165, 1.54) is 0 Å². The standard InChI is InChI=1S/C11H11F3O/c1-6(2)3-11(15)7-4-9(13)10(14)5-8(7)12/h4-6H,3H2,1-2H3. The highest BCUT2D eigenvalue weighted by Gasteiger charge is 2.16. The van der Waals surface area contributed by atoms with Crippen LogP contribution in [0.5, 0.6) is 0 Å². The van der Waals surface area contributed by atoms with Crippen LogP contribution in [0.15, 0.2) is 12.1 Å². The molecule has 1 nitrogen and oxygen atoms in total. The van der Waals surface area contributed by atoms with E-state index in [-0.39, 0.29) is 17.9 Å². The second-order valence-electron chi connectivity index (χ2n) is 3.77. The van der Waals surface area contributed by atoms with Crippen molar-refractivity contribution >= 4 is 5.78 Å². The Bertz CT molecular complexity index is 386. The van der Waals surface area contributed by atoms with E-state index in [0.29, 0.717) is 12.1 Å². The summed E-state index contributed by atoms with van der Waals surface area (Å²) in [7, 11) is 0. The van der Waals surface area contributed by atoms with E-state index in [1.54, 1.807) is 13.8 Å². The van der Waals surface area contributed by atoms with Crippen LogP contribution in [-0.2, 0) is 0 Å². The van der Waals surface area contributed by atoms with E-state index in [2.05, 4.69) is 0 Å². The lowest BCUT2D eigenvalue weighted by molar-refractivity contribution is 0.0963.